The number of aryl methyl sites for hydroxylation is 2. The third-order valence-corrected chi connectivity index (χ3v) is 8.79. The van der Waals surface area contributed by atoms with E-state index in [1.165, 1.54) is 12.1 Å². The van der Waals surface area contributed by atoms with Crippen molar-refractivity contribution >= 4 is 21.8 Å². The number of rotatable bonds is 5. The number of hydrogen-bond donors (Lipinski definition) is 0. The van der Waals surface area contributed by atoms with Crippen LogP contribution in [-0.4, -0.2) is 19.5 Å². The highest BCUT2D eigenvalue weighted by atomic mass is 19.4. The Morgan fingerprint density at radius 2 is 0.959 bits per heavy atom. The second-order valence-corrected chi connectivity index (χ2v) is 12.2. The number of alkyl halides is 3. The molecular formula is C42H29F3N4. The van der Waals surface area contributed by atoms with Crippen LogP contribution in [0, 0.1) is 13.8 Å². The van der Waals surface area contributed by atoms with E-state index in [4.69, 9.17) is 15.0 Å². The van der Waals surface area contributed by atoms with Crippen LogP contribution in [0.15, 0.2) is 140 Å². The Labute approximate surface area is 281 Å². The molecule has 0 amide bonds. The van der Waals surface area contributed by atoms with Gasteiger partial charge in [0.2, 0.25) is 0 Å². The van der Waals surface area contributed by atoms with Gasteiger partial charge in [-0.2, -0.15) is 13.2 Å². The van der Waals surface area contributed by atoms with Crippen LogP contribution < -0.4 is 0 Å². The number of aromatic nitrogens is 4. The first kappa shape index (κ1) is 30.3. The minimum Gasteiger partial charge on any atom is -0.309 e. The molecule has 0 atom stereocenters. The lowest BCUT2D eigenvalue weighted by atomic mass is 9.96. The Kier molecular flexibility index (Phi) is 7.33. The van der Waals surface area contributed by atoms with Gasteiger partial charge in [-0.05, 0) is 55.8 Å². The molecule has 0 saturated heterocycles. The third kappa shape index (κ3) is 5.53. The predicted octanol–water partition coefficient (Wildman–Crippen LogP) is 11.3. The molecule has 8 rings (SSSR count). The highest BCUT2D eigenvalue weighted by molar-refractivity contribution is 6.10. The van der Waals surface area contributed by atoms with E-state index in [9.17, 15) is 13.2 Å². The third-order valence-electron chi connectivity index (χ3n) is 8.79. The first-order valence-corrected chi connectivity index (χ1v) is 15.9. The maximum Gasteiger partial charge on any atom is 0.417 e. The first-order chi connectivity index (χ1) is 23.7. The van der Waals surface area contributed by atoms with Gasteiger partial charge in [0.1, 0.15) is 0 Å². The van der Waals surface area contributed by atoms with Crippen LogP contribution in [0.4, 0.5) is 13.2 Å². The maximum absolute atomic E-state index is 14.5. The average molecular weight is 647 g/mol. The van der Waals surface area contributed by atoms with Crippen LogP contribution >= 0.6 is 0 Å². The Balaban J connectivity index is 1.45. The van der Waals surface area contributed by atoms with Gasteiger partial charge < -0.3 is 4.57 Å². The summed E-state index contributed by atoms with van der Waals surface area (Å²) in [5.41, 5.74) is 6.69. The highest BCUT2D eigenvalue weighted by Crippen LogP contribution is 2.43. The zero-order valence-electron chi connectivity index (χ0n) is 26.7. The van der Waals surface area contributed by atoms with Crippen molar-refractivity contribution in [1.82, 2.24) is 19.5 Å². The first-order valence-electron chi connectivity index (χ1n) is 15.9. The SMILES string of the molecule is Cc1ccc2c(c1)c1cc(C)ccc1n2-c1cc(-c2nc(-c3ccccc3)nc(-c3ccccc3)n2)ccc1-c1ccccc1C(F)(F)F. The van der Waals surface area contributed by atoms with Crippen LogP contribution in [0.3, 0.4) is 0 Å². The molecule has 2 heterocycles. The summed E-state index contributed by atoms with van der Waals surface area (Å²) in [6, 6.07) is 42.9. The topological polar surface area (TPSA) is 43.6 Å². The summed E-state index contributed by atoms with van der Waals surface area (Å²) in [6.07, 6.45) is -4.55. The monoisotopic (exact) mass is 646 g/mol. The van der Waals surface area contributed by atoms with Gasteiger partial charge in [0, 0.05) is 33.0 Å². The van der Waals surface area contributed by atoms with Gasteiger partial charge in [-0.25, -0.2) is 15.0 Å². The van der Waals surface area contributed by atoms with Gasteiger partial charge in [0.15, 0.2) is 17.5 Å². The van der Waals surface area contributed by atoms with E-state index < -0.39 is 11.7 Å². The van der Waals surface area contributed by atoms with E-state index >= 15 is 0 Å². The number of halogens is 3. The molecule has 2 aromatic heterocycles. The van der Waals surface area contributed by atoms with Gasteiger partial charge in [-0.3, -0.25) is 0 Å². The second-order valence-electron chi connectivity index (χ2n) is 12.2. The molecule has 49 heavy (non-hydrogen) atoms. The summed E-state index contributed by atoms with van der Waals surface area (Å²) in [7, 11) is 0. The Bertz CT molecular complexity index is 2380. The molecule has 0 unspecified atom stereocenters. The van der Waals surface area contributed by atoms with E-state index in [1.54, 1.807) is 18.2 Å². The Hall–Kier alpha value is -6.08. The summed E-state index contributed by atoms with van der Waals surface area (Å²) >= 11 is 0. The standard InChI is InChI=1S/C42H29F3N4/c1-26-17-21-36-33(23-26)34-24-27(2)18-22-37(34)49(36)38-25-30(19-20-32(38)31-15-9-10-16-35(31)42(43,44)45)41-47-39(28-11-5-3-6-12-28)46-40(48-41)29-13-7-4-8-14-29/h3-25H,1-2H3. The molecule has 0 spiro atoms. The normalized spacial score (nSPS) is 11.8. The summed E-state index contributed by atoms with van der Waals surface area (Å²) in [5, 5.41) is 2.05. The predicted molar refractivity (Wildman–Crippen MR) is 190 cm³/mol. The molecule has 0 N–H and O–H groups in total. The van der Waals surface area contributed by atoms with Gasteiger partial charge in [-0.15, -0.1) is 0 Å². The van der Waals surface area contributed by atoms with Crippen molar-refractivity contribution in [2.24, 2.45) is 0 Å². The molecule has 0 aliphatic rings. The van der Waals surface area contributed by atoms with Crippen molar-refractivity contribution in [1.29, 1.82) is 0 Å². The number of fused-ring (bicyclic) bond motifs is 3. The molecule has 0 fully saturated rings. The minimum atomic E-state index is -4.55. The fourth-order valence-corrected chi connectivity index (χ4v) is 6.50. The lowest BCUT2D eigenvalue weighted by molar-refractivity contribution is -0.137. The molecule has 238 valence electrons. The summed E-state index contributed by atoms with van der Waals surface area (Å²) in [5.74, 6) is 1.41. The van der Waals surface area contributed by atoms with Gasteiger partial charge in [-0.1, -0.05) is 114 Å². The molecule has 0 radical (unpaired) electrons. The molecule has 0 bridgehead atoms. The molecule has 4 nitrogen and oxygen atoms in total. The second kappa shape index (κ2) is 11.9. The van der Waals surface area contributed by atoms with E-state index in [0.717, 1.165) is 50.1 Å². The van der Waals surface area contributed by atoms with Crippen LogP contribution in [0.25, 0.3) is 72.8 Å². The molecule has 6 aromatic carbocycles. The highest BCUT2D eigenvalue weighted by Gasteiger charge is 2.34. The molecule has 7 heteroatoms. The van der Waals surface area contributed by atoms with Crippen molar-refractivity contribution in [3.63, 3.8) is 0 Å². The molecule has 8 aromatic rings. The summed E-state index contributed by atoms with van der Waals surface area (Å²) in [6.45, 7) is 4.08. The van der Waals surface area contributed by atoms with Crippen molar-refractivity contribution in [2.45, 2.75) is 20.0 Å². The van der Waals surface area contributed by atoms with Crippen LogP contribution in [0.5, 0.6) is 0 Å². The number of hydrogen-bond acceptors (Lipinski definition) is 3. The largest absolute Gasteiger partial charge is 0.417 e. The zero-order chi connectivity index (χ0) is 33.7. The maximum atomic E-state index is 14.5. The quantitative estimate of drug-likeness (QED) is 0.187. The number of nitrogens with zero attached hydrogens (tertiary/aromatic N) is 4. The van der Waals surface area contributed by atoms with E-state index in [2.05, 4.69) is 16.7 Å². The zero-order valence-corrected chi connectivity index (χ0v) is 26.7. The molecule has 0 aliphatic carbocycles. The minimum absolute atomic E-state index is 0.0939. The van der Waals surface area contributed by atoms with Crippen molar-refractivity contribution in [3.8, 4) is 51.0 Å². The van der Waals surface area contributed by atoms with Gasteiger partial charge >= 0.3 is 6.18 Å². The lowest BCUT2D eigenvalue weighted by Gasteiger charge is -2.19. The summed E-state index contributed by atoms with van der Waals surface area (Å²) < 4.78 is 45.6. The van der Waals surface area contributed by atoms with Crippen molar-refractivity contribution in [2.75, 3.05) is 0 Å². The van der Waals surface area contributed by atoms with Crippen molar-refractivity contribution < 1.29 is 13.2 Å². The molecule has 0 saturated carbocycles. The van der Waals surface area contributed by atoms with Gasteiger partial charge in [0.05, 0.1) is 22.3 Å². The lowest BCUT2D eigenvalue weighted by Crippen LogP contribution is -2.08. The average Bonchev–Trinajstić information content (AvgIpc) is 3.44. The van der Waals surface area contributed by atoms with Crippen LogP contribution in [-0.2, 0) is 6.18 Å². The van der Waals surface area contributed by atoms with Crippen LogP contribution in [0.1, 0.15) is 16.7 Å². The van der Waals surface area contributed by atoms with E-state index in [1.807, 2.05) is 105 Å². The van der Waals surface area contributed by atoms with Crippen molar-refractivity contribution in [3.05, 3.63) is 156 Å². The van der Waals surface area contributed by atoms with E-state index in [0.29, 0.717) is 34.3 Å². The number of benzene rings is 6. The Morgan fingerprint density at radius 3 is 1.49 bits per heavy atom. The Morgan fingerprint density at radius 1 is 0.469 bits per heavy atom. The molecule has 0 aliphatic heterocycles. The van der Waals surface area contributed by atoms with Gasteiger partial charge in [0.25, 0.3) is 0 Å². The summed E-state index contributed by atoms with van der Waals surface area (Å²) in [4.78, 5) is 14.7. The smallest absolute Gasteiger partial charge is 0.309 e. The molecular weight excluding hydrogens is 617 g/mol. The fraction of sp³-hybridized carbons (Fsp3) is 0.0714. The fourth-order valence-electron chi connectivity index (χ4n) is 6.50. The van der Waals surface area contributed by atoms with E-state index in [-0.39, 0.29) is 5.56 Å². The van der Waals surface area contributed by atoms with Crippen LogP contribution in [0.2, 0.25) is 0 Å².